The van der Waals surface area contributed by atoms with Crippen LogP contribution in [-0.4, -0.2) is 25.7 Å². The number of methoxy groups -OCH3 is 1. The number of rotatable bonds is 1. The molecule has 1 saturated carbocycles. The van der Waals surface area contributed by atoms with Crippen molar-refractivity contribution in [1.29, 1.82) is 0 Å². The van der Waals surface area contributed by atoms with E-state index in [1.165, 1.54) is 26.4 Å². The number of hydrogen-bond donors (Lipinski definition) is 1. The number of nitrogens with one attached hydrogen (secondary N) is 1. The minimum atomic E-state index is -0.0963. The third kappa shape index (κ3) is 2.15. The lowest BCUT2D eigenvalue weighted by molar-refractivity contribution is -0.144. The van der Waals surface area contributed by atoms with Gasteiger partial charge in [0.1, 0.15) is 6.04 Å². The first-order valence-electron chi connectivity index (χ1n) is 4.57. The second kappa shape index (κ2) is 3.84. The Hall–Kier alpha value is -0.280. The highest BCUT2D eigenvalue weighted by atomic mass is 35.5. The lowest BCUT2D eigenvalue weighted by Crippen LogP contribution is -2.44. The summed E-state index contributed by atoms with van der Waals surface area (Å²) in [7, 11) is 1.46. The third-order valence-electron chi connectivity index (χ3n) is 3.13. The van der Waals surface area contributed by atoms with E-state index in [1.54, 1.807) is 0 Å². The van der Waals surface area contributed by atoms with Crippen LogP contribution in [0.5, 0.6) is 0 Å². The SMILES string of the molecule is COC(=O)C1CC2(CCN1)CC2.Cl. The number of halogens is 1. The second-order valence-corrected chi connectivity index (χ2v) is 3.98. The van der Waals surface area contributed by atoms with E-state index in [1.807, 2.05) is 0 Å². The quantitative estimate of drug-likeness (QED) is 0.652. The number of carbonyl (C=O) groups excluding carboxylic acids is 1. The molecule has 0 aromatic rings. The van der Waals surface area contributed by atoms with E-state index in [4.69, 9.17) is 4.74 Å². The van der Waals surface area contributed by atoms with Gasteiger partial charge in [0.2, 0.25) is 0 Å². The molecule has 1 spiro atoms. The van der Waals surface area contributed by atoms with E-state index >= 15 is 0 Å². The summed E-state index contributed by atoms with van der Waals surface area (Å²) >= 11 is 0. The van der Waals surface area contributed by atoms with Gasteiger partial charge < -0.3 is 10.1 Å². The highest BCUT2D eigenvalue weighted by Gasteiger charge is 2.47. The minimum absolute atomic E-state index is 0. The number of carbonyl (C=O) groups is 1. The summed E-state index contributed by atoms with van der Waals surface area (Å²) in [5.74, 6) is -0.0963. The lowest BCUT2D eigenvalue weighted by Gasteiger charge is -2.28. The molecule has 76 valence electrons. The largest absolute Gasteiger partial charge is 0.468 e. The minimum Gasteiger partial charge on any atom is -0.468 e. The monoisotopic (exact) mass is 205 g/mol. The van der Waals surface area contributed by atoms with Crippen molar-refractivity contribution in [3.63, 3.8) is 0 Å². The standard InChI is InChI=1S/C9H15NO2.ClH/c1-12-8(11)7-6-9(2-3-9)4-5-10-7;/h7,10H,2-6H2,1H3;1H. The van der Waals surface area contributed by atoms with Crippen LogP contribution in [0.1, 0.15) is 25.7 Å². The fraction of sp³-hybridized carbons (Fsp3) is 0.889. The second-order valence-electron chi connectivity index (χ2n) is 3.98. The molecule has 1 aliphatic carbocycles. The number of hydrogen-bond acceptors (Lipinski definition) is 3. The van der Waals surface area contributed by atoms with Crippen molar-refractivity contribution in [1.82, 2.24) is 5.32 Å². The molecule has 2 rings (SSSR count). The van der Waals surface area contributed by atoms with Crippen LogP contribution in [0.4, 0.5) is 0 Å². The van der Waals surface area contributed by atoms with Crippen LogP contribution in [0.15, 0.2) is 0 Å². The first-order valence-corrected chi connectivity index (χ1v) is 4.57. The fourth-order valence-electron chi connectivity index (χ4n) is 2.06. The Kier molecular flexibility index (Phi) is 3.19. The van der Waals surface area contributed by atoms with Crippen LogP contribution in [0, 0.1) is 5.41 Å². The van der Waals surface area contributed by atoms with Gasteiger partial charge in [-0.1, -0.05) is 0 Å². The Morgan fingerprint density at radius 3 is 2.69 bits per heavy atom. The molecule has 0 radical (unpaired) electrons. The van der Waals surface area contributed by atoms with Gasteiger partial charge in [0.15, 0.2) is 0 Å². The maximum atomic E-state index is 11.2. The maximum absolute atomic E-state index is 11.2. The molecule has 1 aliphatic heterocycles. The molecule has 1 heterocycles. The van der Waals surface area contributed by atoms with Crippen molar-refractivity contribution in [3.05, 3.63) is 0 Å². The molecular weight excluding hydrogens is 190 g/mol. The van der Waals surface area contributed by atoms with E-state index in [-0.39, 0.29) is 24.4 Å². The molecule has 1 unspecified atom stereocenters. The Labute approximate surface area is 84.6 Å². The molecule has 1 N–H and O–H groups in total. The van der Waals surface area contributed by atoms with E-state index < -0.39 is 0 Å². The highest BCUT2D eigenvalue weighted by Crippen LogP contribution is 2.53. The molecule has 3 nitrogen and oxygen atoms in total. The first-order chi connectivity index (χ1) is 5.76. The van der Waals surface area contributed by atoms with E-state index in [0.29, 0.717) is 5.41 Å². The Balaban J connectivity index is 0.000000845. The lowest BCUT2D eigenvalue weighted by atomic mass is 9.89. The summed E-state index contributed by atoms with van der Waals surface area (Å²) in [6.07, 6.45) is 4.84. The van der Waals surface area contributed by atoms with Crippen LogP contribution in [0.3, 0.4) is 0 Å². The molecule has 2 aliphatic rings. The van der Waals surface area contributed by atoms with Gasteiger partial charge in [-0.25, -0.2) is 0 Å². The zero-order valence-corrected chi connectivity index (χ0v) is 8.65. The van der Waals surface area contributed by atoms with Crippen LogP contribution in [0.2, 0.25) is 0 Å². The topological polar surface area (TPSA) is 38.3 Å². The van der Waals surface area contributed by atoms with Crippen LogP contribution < -0.4 is 5.32 Å². The molecule has 1 atom stereocenters. The average Bonchev–Trinajstić information content (AvgIpc) is 2.84. The summed E-state index contributed by atoms with van der Waals surface area (Å²) in [5.41, 5.74) is 0.518. The molecule has 13 heavy (non-hydrogen) atoms. The average molecular weight is 206 g/mol. The van der Waals surface area contributed by atoms with Gasteiger partial charge >= 0.3 is 5.97 Å². The fourth-order valence-corrected chi connectivity index (χ4v) is 2.06. The van der Waals surface area contributed by atoms with Crippen molar-refractivity contribution in [3.8, 4) is 0 Å². The molecular formula is C9H16ClNO2. The molecule has 0 aromatic heterocycles. The Morgan fingerprint density at radius 2 is 2.15 bits per heavy atom. The summed E-state index contributed by atoms with van der Waals surface area (Å²) < 4.78 is 4.71. The van der Waals surface area contributed by atoms with Gasteiger partial charge in [-0.15, -0.1) is 12.4 Å². The summed E-state index contributed by atoms with van der Waals surface area (Å²) in [5, 5.41) is 3.19. The van der Waals surface area contributed by atoms with Gasteiger partial charge in [0.25, 0.3) is 0 Å². The summed E-state index contributed by atoms with van der Waals surface area (Å²) in [4.78, 5) is 11.2. The van der Waals surface area contributed by atoms with Gasteiger partial charge in [0, 0.05) is 0 Å². The molecule has 0 amide bonds. The van der Waals surface area contributed by atoms with Gasteiger partial charge in [-0.2, -0.15) is 0 Å². The van der Waals surface area contributed by atoms with Crippen molar-refractivity contribution >= 4 is 18.4 Å². The Morgan fingerprint density at radius 1 is 1.46 bits per heavy atom. The van der Waals surface area contributed by atoms with Gasteiger partial charge in [-0.05, 0) is 37.6 Å². The predicted octanol–water partition coefficient (Wildman–Crippen LogP) is 1.11. The number of ether oxygens (including phenoxy) is 1. The van der Waals surface area contributed by atoms with Crippen molar-refractivity contribution < 1.29 is 9.53 Å². The van der Waals surface area contributed by atoms with Gasteiger partial charge in [-0.3, -0.25) is 4.79 Å². The molecule has 4 heteroatoms. The van der Waals surface area contributed by atoms with Crippen molar-refractivity contribution in [2.75, 3.05) is 13.7 Å². The molecule has 1 saturated heterocycles. The van der Waals surface area contributed by atoms with Crippen LogP contribution >= 0.6 is 12.4 Å². The van der Waals surface area contributed by atoms with Crippen molar-refractivity contribution in [2.24, 2.45) is 5.41 Å². The molecule has 0 aromatic carbocycles. The Bertz CT molecular complexity index is 204. The van der Waals surface area contributed by atoms with E-state index in [2.05, 4.69) is 5.32 Å². The maximum Gasteiger partial charge on any atom is 0.322 e. The zero-order valence-electron chi connectivity index (χ0n) is 7.84. The molecule has 0 bridgehead atoms. The normalized spacial score (nSPS) is 29.2. The van der Waals surface area contributed by atoms with Crippen LogP contribution in [0.25, 0.3) is 0 Å². The third-order valence-corrected chi connectivity index (χ3v) is 3.13. The zero-order chi connectivity index (χ0) is 8.60. The smallest absolute Gasteiger partial charge is 0.322 e. The van der Waals surface area contributed by atoms with E-state index in [9.17, 15) is 4.79 Å². The number of esters is 1. The summed E-state index contributed by atoms with van der Waals surface area (Å²) in [6.45, 7) is 0.972. The summed E-state index contributed by atoms with van der Waals surface area (Å²) in [6, 6.07) is -0.0359. The van der Waals surface area contributed by atoms with Crippen LogP contribution in [-0.2, 0) is 9.53 Å². The highest BCUT2D eigenvalue weighted by molar-refractivity contribution is 5.85. The van der Waals surface area contributed by atoms with Crippen molar-refractivity contribution in [2.45, 2.75) is 31.7 Å². The predicted molar refractivity (Wildman–Crippen MR) is 52.0 cm³/mol. The molecule has 2 fully saturated rings. The van der Waals surface area contributed by atoms with Gasteiger partial charge in [0.05, 0.1) is 7.11 Å². The first kappa shape index (κ1) is 10.8. The van der Waals surface area contributed by atoms with E-state index in [0.717, 1.165) is 13.0 Å². The number of piperidine rings is 1.